The van der Waals surface area contributed by atoms with Gasteiger partial charge in [0.05, 0.1) is 11.1 Å². The quantitative estimate of drug-likeness (QED) is 0.779. The molecular weight excluding hydrogens is 207 g/mol. The van der Waals surface area contributed by atoms with E-state index in [0.29, 0.717) is 0 Å². The monoisotopic (exact) mass is 216 g/mol. The first-order valence-corrected chi connectivity index (χ1v) is 4.37. The lowest BCUT2D eigenvalue weighted by Gasteiger charge is -2.39. The molecule has 15 heavy (non-hydrogen) atoms. The summed E-state index contributed by atoms with van der Waals surface area (Å²) < 4.78 is 38.0. The Hall–Kier alpha value is -1.07. The molecule has 5 heteroatoms. The van der Waals surface area contributed by atoms with E-state index in [2.05, 4.69) is 10.3 Å². The molecule has 1 radical (unpaired) electrons. The second kappa shape index (κ2) is 3.21. The van der Waals surface area contributed by atoms with E-state index in [1.807, 2.05) is 0 Å². The van der Waals surface area contributed by atoms with E-state index < -0.39 is 17.3 Å². The van der Waals surface area contributed by atoms with Gasteiger partial charge in [0.25, 0.3) is 0 Å². The Bertz CT molecular complexity index is 371. The Morgan fingerprint density at radius 2 is 1.87 bits per heavy atom. The SMILES string of the molecule is CC1(c2ccccc2C(F)(F)F)[CH]ON1. The van der Waals surface area contributed by atoms with Crippen molar-refractivity contribution in [3.8, 4) is 0 Å². The molecule has 0 spiro atoms. The van der Waals surface area contributed by atoms with Gasteiger partial charge in [-0.3, -0.25) is 4.84 Å². The lowest BCUT2D eigenvalue weighted by atomic mass is 9.88. The molecule has 2 nitrogen and oxygen atoms in total. The van der Waals surface area contributed by atoms with Gasteiger partial charge < -0.3 is 0 Å². The molecule has 0 amide bonds. The number of benzene rings is 1. The van der Waals surface area contributed by atoms with E-state index in [0.717, 1.165) is 6.07 Å². The fourth-order valence-corrected chi connectivity index (χ4v) is 1.54. The van der Waals surface area contributed by atoms with Crippen molar-refractivity contribution in [2.45, 2.75) is 18.6 Å². The van der Waals surface area contributed by atoms with Crippen LogP contribution in [-0.4, -0.2) is 0 Å². The molecule has 1 aliphatic heterocycles. The molecule has 0 aliphatic carbocycles. The van der Waals surface area contributed by atoms with Gasteiger partial charge in [-0.2, -0.15) is 18.7 Å². The second-order valence-electron chi connectivity index (χ2n) is 3.58. The van der Waals surface area contributed by atoms with Crippen molar-refractivity contribution in [1.82, 2.24) is 5.48 Å². The molecule has 2 rings (SSSR count). The number of rotatable bonds is 1. The van der Waals surface area contributed by atoms with Crippen molar-refractivity contribution in [2.75, 3.05) is 0 Å². The summed E-state index contributed by atoms with van der Waals surface area (Å²) in [6, 6.07) is 5.45. The van der Waals surface area contributed by atoms with Crippen LogP contribution in [0.2, 0.25) is 0 Å². The van der Waals surface area contributed by atoms with Crippen molar-refractivity contribution in [3.63, 3.8) is 0 Å². The van der Waals surface area contributed by atoms with E-state index in [9.17, 15) is 13.2 Å². The predicted molar refractivity (Wildman–Crippen MR) is 47.3 cm³/mol. The van der Waals surface area contributed by atoms with E-state index in [-0.39, 0.29) is 5.56 Å². The van der Waals surface area contributed by atoms with Crippen LogP contribution in [0.5, 0.6) is 0 Å². The van der Waals surface area contributed by atoms with Crippen molar-refractivity contribution < 1.29 is 18.0 Å². The van der Waals surface area contributed by atoms with Crippen LogP contribution in [0.25, 0.3) is 0 Å². The summed E-state index contributed by atoms with van der Waals surface area (Å²) in [6.45, 7) is 2.97. The number of halogens is 3. The van der Waals surface area contributed by atoms with Crippen LogP contribution in [0, 0.1) is 6.61 Å². The van der Waals surface area contributed by atoms with Gasteiger partial charge in [0.2, 0.25) is 0 Å². The Kier molecular flexibility index (Phi) is 2.24. The fourth-order valence-electron chi connectivity index (χ4n) is 1.54. The smallest absolute Gasteiger partial charge is 0.292 e. The zero-order chi connectivity index (χ0) is 11.1. The maximum atomic E-state index is 12.7. The minimum Gasteiger partial charge on any atom is -0.292 e. The van der Waals surface area contributed by atoms with Gasteiger partial charge in [0, 0.05) is 0 Å². The van der Waals surface area contributed by atoms with Gasteiger partial charge in [0.15, 0.2) is 0 Å². The van der Waals surface area contributed by atoms with E-state index in [1.165, 1.54) is 18.7 Å². The van der Waals surface area contributed by atoms with Gasteiger partial charge >= 0.3 is 6.18 Å². The molecule has 1 unspecified atom stereocenters. The van der Waals surface area contributed by atoms with Gasteiger partial charge in [-0.1, -0.05) is 18.2 Å². The molecular formula is C10H9F3NO. The van der Waals surface area contributed by atoms with Crippen LogP contribution in [-0.2, 0) is 16.6 Å². The van der Waals surface area contributed by atoms with Crippen LogP contribution in [0.3, 0.4) is 0 Å². The van der Waals surface area contributed by atoms with Crippen molar-refractivity contribution in [2.24, 2.45) is 0 Å². The highest BCUT2D eigenvalue weighted by Gasteiger charge is 2.43. The normalized spacial score (nSPS) is 26.1. The topological polar surface area (TPSA) is 21.3 Å². The molecule has 0 saturated carbocycles. The van der Waals surface area contributed by atoms with Crippen molar-refractivity contribution >= 4 is 0 Å². The number of nitrogens with one attached hydrogen (secondary N) is 1. The first-order valence-electron chi connectivity index (χ1n) is 4.37. The largest absolute Gasteiger partial charge is 0.416 e. The molecule has 1 fully saturated rings. The minimum atomic E-state index is -4.34. The maximum absolute atomic E-state index is 12.7. The highest BCUT2D eigenvalue weighted by molar-refractivity contribution is 5.37. The van der Waals surface area contributed by atoms with E-state index in [1.54, 1.807) is 13.0 Å². The highest BCUT2D eigenvalue weighted by Crippen LogP contribution is 2.40. The Morgan fingerprint density at radius 3 is 2.33 bits per heavy atom. The predicted octanol–water partition coefficient (Wildman–Crippen LogP) is 2.62. The third-order valence-electron chi connectivity index (χ3n) is 2.36. The summed E-state index contributed by atoms with van der Waals surface area (Å²) in [5, 5.41) is 0. The Labute approximate surface area is 85.0 Å². The molecule has 0 aromatic heterocycles. The first-order chi connectivity index (χ1) is 6.93. The Balaban J connectivity index is 2.47. The minimum absolute atomic E-state index is 0.170. The van der Waals surface area contributed by atoms with Crippen molar-refractivity contribution in [3.05, 3.63) is 42.0 Å². The molecule has 1 N–H and O–H groups in total. The molecule has 1 aromatic rings. The average molecular weight is 216 g/mol. The summed E-state index contributed by atoms with van der Waals surface area (Å²) >= 11 is 0. The summed E-state index contributed by atoms with van der Waals surface area (Å²) in [7, 11) is 0. The van der Waals surface area contributed by atoms with Crippen LogP contribution in [0.1, 0.15) is 18.1 Å². The lowest BCUT2D eigenvalue weighted by molar-refractivity contribution is -0.144. The third-order valence-corrected chi connectivity index (χ3v) is 2.36. The number of hydrogen-bond donors (Lipinski definition) is 1. The van der Waals surface area contributed by atoms with Gasteiger partial charge in [-0.05, 0) is 18.6 Å². The van der Waals surface area contributed by atoms with Crippen LogP contribution < -0.4 is 5.48 Å². The first kappa shape index (κ1) is 10.4. The second-order valence-corrected chi connectivity index (χ2v) is 3.58. The van der Waals surface area contributed by atoms with Gasteiger partial charge in [-0.25, -0.2) is 0 Å². The summed E-state index contributed by atoms with van der Waals surface area (Å²) in [5.41, 5.74) is 1.17. The average Bonchev–Trinajstić information content (AvgIpc) is 2.13. The fraction of sp³-hybridized carbons (Fsp3) is 0.300. The summed E-state index contributed by atoms with van der Waals surface area (Å²) in [5.74, 6) is 0. The van der Waals surface area contributed by atoms with E-state index in [4.69, 9.17) is 0 Å². The number of alkyl halides is 3. The summed E-state index contributed by atoms with van der Waals surface area (Å²) in [6.07, 6.45) is -4.34. The van der Waals surface area contributed by atoms with Crippen LogP contribution >= 0.6 is 0 Å². The van der Waals surface area contributed by atoms with Crippen LogP contribution in [0.4, 0.5) is 13.2 Å². The lowest BCUT2D eigenvalue weighted by Crippen LogP contribution is -2.51. The zero-order valence-electron chi connectivity index (χ0n) is 7.93. The molecule has 1 atom stereocenters. The standard InChI is InChI=1S/C10H9F3NO/c1-9(6-15-14-9)7-4-2-3-5-8(7)10(11,12)13/h2-6,14H,1H3. The molecule has 1 aromatic carbocycles. The molecule has 1 saturated heterocycles. The highest BCUT2D eigenvalue weighted by atomic mass is 19.4. The zero-order valence-corrected chi connectivity index (χ0v) is 7.93. The molecule has 1 aliphatic rings. The molecule has 1 heterocycles. The van der Waals surface area contributed by atoms with E-state index >= 15 is 0 Å². The number of hydrogen-bond acceptors (Lipinski definition) is 2. The molecule has 81 valence electrons. The Morgan fingerprint density at radius 1 is 1.27 bits per heavy atom. The van der Waals surface area contributed by atoms with Gasteiger partial charge in [0.1, 0.15) is 6.61 Å². The molecule has 0 bridgehead atoms. The number of hydroxylamine groups is 1. The van der Waals surface area contributed by atoms with Crippen molar-refractivity contribution in [1.29, 1.82) is 0 Å². The maximum Gasteiger partial charge on any atom is 0.416 e. The van der Waals surface area contributed by atoms with Gasteiger partial charge in [-0.15, -0.1) is 0 Å². The van der Waals surface area contributed by atoms with Crippen LogP contribution in [0.15, 0.2) is 24.3 Å². The third kappa shape index (κ3) is 1.72. The summed E-state index contributed by atoms with van der Waals surface area (Å²) in [4.78, 5) is 4.62.